The van der Waals surface area contributed by atoms with E-state index in [1.54, 1.807) is 28.4 Å². The highest BCUT2D eigenvalue weighted by molar-refractivity contribution is 14.0. The van der Waals surface area contributed by atoms with E-state index >= 15 is 0 Å². The number of piperazine rings is 1. The van der Waals surface area contributed by atoms with Crippen LogP contribution in [0.25, 0.3) is 0 Å². The van der Waals surface area contributed by atoms with Crippen LogP contribution >= 0.6 is 35.5 Å². The van der Waals surface area contributed by atoms with Gasteiger partial charge >= 0.3 is 0 Å². The minimum absolute atomic E-state index is 0. The number of nitrogens with one attached hydrogen (secondary N) is 1. The zero-order chi connectivity index (χ0) is 21.5. The van der Waals surface area contributed by atoms with Crippen molar-refractivity contribution >= 4 is 46.6 Å². The molecule has 1 aliphatic heterocycles. The Balaban J connectivity index is 0.00000341. The lowest BCUT2D eigenvalue weighted by atomic mass is 10.1. The first-order chi connectivity index (χ1) is 14.6. The van der Waals surface area contributed by atoms with E-state index in [9.17, 15) is 0 Å². The maximum atomic E-state index is 5.53. The van der Waals surface area contributed by atoms with Crippen LogP contribution in [0.3, 0.4) is 0 Å². The second kappa shape index (κ2) is 12.1. The monoisotopic (exact) mass is 562 g/mol. The fourth-order valence-electron chi connectivity index (χ4n) is 3.36. The first-order valence-electron chi connectivity index (χ1n) is 9.95. The van der Waals surface area contributed by atoms with Crippen LogP contribution in [-0.4, -0.2) is 74.8 Å². The van der Waals surface area contributed by atoms with Crippen LogP contribution in [0.2, 0.25) is 0 Å². The molecule has 9 nitrogen and oxygen atoms in total. The van der Waals surface area contributed by atoms with Crippen LogP contribution in [-0.2, 0) is 13.0 Å². The van der Waals surface area contributed by atoms with Crippen molar-refractivity contribution in [3.05, 3.63) is 23.5 Å². The molecular formula is C20H31IN6O3S. The largest absolute Gasteiger partial charge is 0.496 e. The zero-order valence-corrected chi connectivity index (χ0v) is 21.8. The molecule has 1 aliphatic rings. The highest BCUT2D eigenvalue weighted by Gasteiger charge is 2.22. The van der Waals surface area contributed by atoms with Crippen molar-refractivity contribution in [3.8, 4) is 17.2 Å². The van der Waals surface area contributed by atoms with Gasteiger partial charge in [0.25, 0.3) is 0 Å². The third kappa shape index (κ3) is 6.03. The number of halogens is 1. The van der Waals surface area contributed by atoms with Gasteiger partial charge in [0.2, 0.25) is 5.13 Å². The molecule has 3 rings (SSSR count). The SMILES string of the molecule is CCc1nsc(N2CCN(C(=NC)NCc3cc(OC)c(OC)cc3OC)CC2)n1.I. The number of hydrogen-bond donors (Lipinski definition) is 1. The van der Waals surface area contributed by atoms with Gasteiger partial charge in [-0.15, -0.1) is 24.0 Å². The number of rotatable bonds is 7. The lowest BCUT2D eigenvalue weighted by Crippen LogP contribution is -2.52. The standard InChI is InChI=1S/C20H30N6O3S.HI/c1-6-18-23-20(30-24-18)26-9-7-25(8-10-26)19(21-2)22-13-14-11-16(28-4)17(29-5)12-15(14)27-3;/h11-12H,6-10,13H2,1-5H3,(H,21,22);1H. The number of methoxy groups -OCH3 is 3. The molecule has 0 unspecified atom stereocenters. The van der Waals surface area contributed by atoms with Gasteiger partial charge in [-0.2, -0.15) is 4.37 Å². The van der Waals surface area contributed by atoms with Gasteiger partial charge in [0.15, 0.2) is 17.5 Å². The van der Waals surface area contributed by atoms with Crippen molar-refractivity contribution in [2.24, 2.45) is 4.99 Å². The Morgan fingerprint density at radius 2 is 1.71 bits per heavy atom. The number of guanidine groups is 1. The van der Waals surface area contributed by atoms with Crippen LogP contribution in [0.5, 0.6) is 17.2 Å². The lowest BCUT2D eigenvalue weighted by Gasteiger charge is -2.36. The zero-order valence-electron chi connectivity index (χ0n) is 18.7. The van der Waals surface area contributed by atoms with Gasteiger partial charge in [-0.05, 0) is 6.07 Å². The van der Waals surface area contributed by atoms with E-state index in [2.05, 4.69) is 36.4 Å². The Hall–Kier alpha value is -2.02. The summed E-state index contributed by atoms with van der Waals surface area (Å²) in [7, 11) is 6.69. The third-order valence-electron chi connectivity index (χ3n) is 5.06. The molecule has 2 aromatic rings. The Kier molecular flexibility index (Phi) is 9.88. The average molecular weight is 562 g/mol. The molecule has 2 heterocycles. The number of aromatic nitrogens is 2. The van der Waals surface area contributed by atoms with Gasteiger partial charge in [-0.25, -0.2) is 4.98 Å². The summed E-state index contributed by atoms with van der Waals surface area (Å²) >= 11 is 1.48. The van der Waals surface area contributed by atoms with Crippen LogP contribution in [0.4, 0.5) is 5.13 Å². The van der Waals surface area contributed by atoms with E-state index in [4.69, 9.17) is 14.2 Å². The molecule has 0 radical (unpaired) electrons. The molecule has 1 N–H and O–H groups in total. The summed E-state index contributed by atoms with van der Waals surface area (Å²) in [5.74, 6) is 3.82. The van der Waals surface area contributed by atoms with Crippen molar-refractivity contribution in [2.75, 3.05) is 59.5 Å². The fraction of sp³-hybridized carbons (Fsp3) is 0.550. The molecule has 0 saturated carbocycles. The predicted octanol–water partition coefficient (Wildman–Crippen LogP) is 2.64. The Morgan fingerprint density at radius 1 is 1.06 bits per heavy atom. The number of anilines is 1. The topological polar surface area (TPSA) is 84.3 Å². The van der Waals surface area contributed by atoms with Gasteiger partial charge in [0, 0.05) is 69.4 Å². The van der Waals surface area contributed by atoms with E-state index in [0.717, 1.165) is 60.8 Å². The number of aryl methyl sites for hydroxylation is 1. The average Bonchev–Trinajstić information content (AvgIpc) is 3.28. The summed E-state index contributed by atoms with van der Waals surface area (Å²) in [5, 5.41) is 4.45. The van der Waals surface area contributed by atoms with Gasteiger partial charge < -0.3 is 29.3 Å². The van der Waals surface area contributed by atoms with Gasteiger partial charge in [-0.1, -0.05) is 6.92 Å². The van der Waals surface area contributed by atoms with Gasteiger partial charge in [-0.3, -0.25) is 4.99 Å². The van der Waals surface area contributed by atoms with Crippen molar-refractivity contribution in [3.63, 3.8) is 0 Å². The Morgan fingerprint density at radius 3 is 2.26 bits per heavy atom. The number of hydrogen-bond acceptors (Lipinski definition) is 8. The lowest BCUT2D eigenvalue weighted by molar-refractivity contribution is 0.346. The van der Waals surface area contributed by atoms with Gasteiger partial charge in [0.1, 0.15) is 11.6 Å². The molecule has 31 heavy (non-hydrogen) atoms. The summed E-state index contributed by atoms with van der Waals surface area (Å²) in [5.41, 5.74) is 0.968. The minimum Gasteiger partial charge on any atom is -0.496 e. The number of ether oxygens (including phenoxy) is 3. The maximum absolute atomic E-state index is 5.53. The number of aliphatic imine (C=N–C) groups is 1. The van der Waals surface area contributed by atoms with Gasteiger partial charge in [0.05, 0.1) is 21.3 Å². The minimum atomic E-state index is 0. The summed E-state index contributed by atoms with van der Waals surface area (Å²) in [6.07, 6.45) is 0.868. The molecule has 1 aromatic heterocycles. The number of benzene rings is 1. The van der Waals surface area contributed by atoms with Crippen molar-refractivity contribution in [1.82, 2.24) is 19.6 Å². The first-order valence-corrected chi connectivity index (χ1v) is 10.7. The predicted molar refractivity (Wildman–Crippen MR) is 135 cm³/mol. The molecule has 0 bridgehead atoms. The van der Waals surface area contributed by atoms with E-state index in [0.29, 0.717) is 18.0 Å². The maximum Gasteiger partial charge on any atom is 0.205 e. The number of nitrogens with zero attached hydrogens (tertiary/aromatic N) is 5. The van der Waals surface area contributed by atoms with Crippen LogP contribution in [0.1, 0.15) is 18.3 Å². The van der Waals surface area contributed by atoms with Crippen LogP contribution in [0.15, 0.2) is 17.1 Å². The van der Waals surface area contributed by atoms with E-state index in [-0.39, 0.29) is 24.0 Å². The summed E-state index contributed by atoms with van der Waals surface area (Å²) in [6, 6.07) is 3.76. The normalized spacial score (nSPS) is 14.2. The van der Waals surface area contributed by atoms with E-state index in [1.165, 1.54) is 11.5 Å². The molecule has 1 aromatic carbocycles. The highest BCUT2D eigenvalue weighted by Crippen LogP contribution is 2.34. The smallest absolute Gasteiger partial charge is 0.205 e. The quantitative estimate of drug-likeness (QED) is 0.314. The first kappa shape index (κ1) is 25.2. The molecule has 0 spiro atoms. The molecule has 0 aliphatic carbocycles. The fourth-order valence-corrected chi connectivity index (χ4v) is 4.16. The van der Waals surface area contributed by atoms with Crippen molar-refractivity contribution in [1.29, 1.82) is 0 Å². The summed E-state index contributed by atoms with van der Waals surface area (Å²) < 4.78 is 20.7. The molecule has 0 amide bonds. The van der Waals surface area contributed by atoms with Crippen molar-refractivity contribution < 1.29 is 14.2 Å². The molecule has 1 saturated heterocycles. The van der Waals surface area contributed by atoms with Crippen molar-refractivity contribution in [2.45, 2.75) is 19.9 Å². The third-order valence-corrected chi connectivity index (χ3v) is 5.87. The van der Waals surface area contributed by atoms with Crippen LogP contribution < -0.4 is 24.4 Å². The second-order valence-electron chi connectivity index (χ2n) is 6.74. The summed E-state index contributed by atoms with van der Waals surface area (Å²) in [6.45, 7) is 6.14. The van der Waals surface area contributed by atoms with Crippen LogP contribution in [0, 0.1) is 0 Å². The Bertz CT molecular complexity index is 871. The molecule has 11 heteroatoms. The molecular weight excluding hydrogens is 531 g/mol. The molecule has 0 atom stereocenters. The second-order valence-corrected chi connectivity index (χ2v) is 7.47. The highest BCUT2D eigenvalue weighted by atomic mass is 127. The summed E-state index contributed by atoms with van der Waals surface area (Å²) in [4.78, 5) is 13.6. The van der Waals surface area contributed by atoms with E-state index in [1.807, 2.05) is 12.1 Å². The molecule has 1 fully saturated rings. The molecule has 172 valence electrons. The Labute approximate surface area is 205 Å². The van der Waals surface area contributed by atoms with E-state index < -0.39 is 0 Å².